The van der Waals surface area contributed by atoms with Crippen molar-refractivity contribution >= 4 is 5.97 Å². The second kappa shape index (κ2) is 4.72. The zero-order valence-corrected chi connectivity index (χ0v) is 7.47. The maximum atomic E-state index is 10.9. The highest BCUT2D eigenvalue weighted by molar-refractivity contribution is 5.88. The molecular formula is C9H14O2. The van der Waals surface area contributed by atoms with Crippen LogP contribution in [-0.2, 0) is 9.53 Å². The van der Waals surface area contributed by atoms with Gasteiger partial charge in [-0.1, -0.05) is 12.2 Å². The van der Waals surface area contributed by atoms with Gasteiger partial charge in [-0.25, -0.2) is 4.79 Å². The third kappa shape index (κ3) is 3.03. The largest absolute Gasteiger partial charge is 0.466 e. The van der Waals surface area contributed by atoms with Crippen LogP contribution in [0.5, 0.6) is 0 Å². The van der Waals surface area contributed by atoms with E-state index < -0.39 is 0 Å². The molecule has 0 heterocycles. The Bertz CT molecular complexity index is 200. The summed E-state index contributed by atoms with van der Waals surface area (Å²) in [5, 5.41) is 0. The maximum Gasteiger partial charge on any atom is 0.333 e. The molecule has 0 N–H and O–H groups in total. The van der Waals surface area contributed by atoms with Crippen molar-refractivity contribution in [3.63, 3.8) is 0 Å². The molecule has 0 aromatic carbocycles. The number of hydrogen-bond donors (Lipinski definition) is 0. The molecule has 0 bridgehead atoms. The molecule has 2 nitrogen and oxygen atoms in total. The second-order valence-electron chi connectivity index (χ2n) is 2.30. The SMILES string of the molecule is CC=CC(C)=C(C)C(=O)OC. The first-order chi connectivity index (χ1) is 5.13. The van der Waals surface area contributed by atoms with Gasteiger partial charge in [0.2, 0.25) is 0 Å². The summed E-state index contributed by atoms with van der Waals surface area (Å²) in [5.41, 5.74) is 1.60. The van der Waals surface area contributed by atoms with E-state index in [1.165, 1.54) is 7.11 Å². The molecule has 0 radical (unpaired) electrons. The Hall–Kier alpha value is -1.05. The lowest BCUT2D eigenvalue weighted by Crippen LogP contribution is -2.02. The predicted molar refractivity (Wildman–Crippen MR) is 45.2 cm³/mol. The summed E-state index contributed by atoms with van der Waals surface area (Å²) in [6.07, 6.45) is 3.77. The molecule has 0 fully saturated rings. The summed E-state index contributed by atoms with van der Waals surface area (Å²) in [7, 11) is 1.38. The monoisotopic (exact) mass is 154 g/mol. The van der Waals surface area contributed by atoms with E-state index in [1.54, 1.807) is 6.92 Å². The molecule has 0 amide bonds. The van der Waals surface area contributed by atoms with E-state index in [-0.39, 0.29) is 5.97 Å². The molecule has 2 heteroatoms. The summed E-state index contributed by atoms with van der Waals surface area (Å²) < 4.78 is 4.55. The number of methoxy groups -OCH3 is 1. The van der Waals surface area contributed by atoms with Gasteiger partial charge in [0, 0.05) is 5.57 Å². The molecule has 0 rings (SSSR count). The van der Waals surface area contributed by atoms with Gasteiger partial charge in [-0.05, 0) is 26.3 Å². The quantitative estimate of drug-likeness (QED) is 0.346. The highest BCUT2D eigenvalue weighted by atomic mass is 16.5. The van der Waals surface area contributed by atoms with Crippen LogP contribution in [0.15, 0.2) is 23.3 Å². The molecule has 0 aliphatic rings. The Morgan fingerprint density at radius 1 is 1.36 bits per heavy atom. The smallest absolute Gasteiger partial charge is 0.333 e. The molecule has 0 saturated carbocycles. The van der Waals surface area contributed by atoms with Gasteiger partial charge in [0.05, 0.1) is 7.11 Å². The van der Waals surface area contributed by atoms with Crippen LogP contribution in [0.2, 0.25) is 0 Å². The second-order valence-corrected chi connectivity index (χ2v) is 2.30. The molecule has 0 atom stereocenters. The molecule has 0 aliphatic carbocycles. The van der Waals surface area contributed by atoms with Crippen LogP contribution in [0.4, 0.5) is 0 Å². The minimum atomic E-state index is -0.263. The van der Waals surface area contributed by atoms with E-state index in [1.807, 2.05) is 26.0 Å². The lowest BCUT2D eigenvalue weighted by molar-refractivity contribution is -0.136. The van der Waals surface area contributed by atoms with Crippen molar-refractivity contribution < 1.29 is 9.53 Å². The summed E-state index contributed by atoms with van der Waals surface area (Å²) in [6, 6.07) is 0. The Balaban J connectivity index is 4.51. The third-order valence-electron chi connectivity index (χ3n) is 1.50. The summed E-state index contributed by atoms with van der Waals surface area (Å²) in [4.78, 5) is 10.9. The Morgan fingerprint density at radius 3 is 2.27 bits per heavy atom. The van der Waals surface area contributed by atoms with Gasteiger partial charge in [-0.3, -0.25) is 0 Å². The number of esters is 1. The van der Waals surface area contributed by atoms with Crippen LogP contribution in [0.3, 0.4) is 0 Å². The molecule has 0 saturated heterocycles. The molecular weight excluding hydrogens is 140 g/mol. The minimum absolute atomic E-state index is 0.263. The molecule has 11 heavy (non-hydrogen) atoms. The Kier molecular flexibility index (Phi) is 4.27. The third-order valence-corrected chi connectivity index (χ3v) is 1.50. The zero-order valence-electron chi connectivity index (χ0n) is 7.47. The summed E-state index contributed by atoms with van der Waals surface area (Å²) in [5.74, 6) is -0.263. The molecule has 0 unspecified atom stereocenters. The molecule has 0 aromatic rings. The van der Waals surface area contributed by atoms with Crippen LogP contribution in [0.1, 0.15) is 20.8 Å². The van der Waals surface area contributed by atoms with Crippen LogP contribution >= 0.6 is 0 Å². The number of allylic oxidation sites excluding steroid dienone is 3. The van der Waals surface area contributed by atoms with Crippen LogP contribution in [-0.4, -0.2) is 13.1 Å². The average molecular weight is 154 g/mol. The van der Waals surface area contributed by atoms with Gasteiger partial charge in [0.1, 0.15) is 0 Å². The topological polar surface area (TPSA) is 26.3 Å². The van der Waals surface area contributed by atoms with Gasteiger partial charge in [-0.2, -0.15) is 0 Å². The van der Waals surface area contributed by atoms with E-state index in [0.29, 0.717) is 5.57 Å². The highest BCUT2D eigenvalue weighted by Gasteiger charge is 2.04. The number of carbonyl (C=O) groups excluding carboxylic acids is 1. The van der Waals surface area contributed by atoms with Gasteiger partial charge < -0.3 is 4.74 Å². The van der Waals surface area contributed by atoms with Crippen molar-refractivity contribution in [3.05, 3.63) is 23.3 Å². The van der Waals surface area contributed by atoms with Crippen LogP contribution in [0, 0.1) is 0 Å². The van der Waals surface area contributed by atoms with E-state index in [2.05, 4.69) is 4.74 Å². The summed E-state index contributed by atoms with van der Waals surface area (Å²) in [6.45, 7) is 5.54. The first-order valence-electron chi connectivity index (χ1n) is 3.52. The van der Waals surface area contributed by atoms with Crippen molar-refractivity contribution in [1.82, 2.24) is 0 Å². The number of carbonyl (C=O) groups is 1. The first kappa shape index (κ1) is 9.95. The lowest BCUT2D eigenvalue weighted by atomic mass is 10.1. The van der Waals surface area contributed by atoms with E-state index >= 15 is 0 Å². The molecule has 62 valence electrons. The average Bonchev–Trinajstić information content (AvgIpc) is 2.02. The molecule has 0 spiro atoms. The van der Waals surface area contributed by atoms with Gasteiger partial charge in [-0.15, -0.1) is 0 Å². The lowest BCUT2D eigenvalue weighted by Gasteiger charge is -2.00. The Morgan fingerprint density at radius 2 is 1.91 bits per heavy atom. The van der Waals surface area contributed by atoms with E-state index in [0.717, 1.165) is 5.57 Å². The Labute approximate surface area is 67.6 Å². The standard InChI is InChI=1S/C9H14O2/c1-5-6-7(2)8(3)9(10)11-4/h5-6H,1-4H3. The van der Waals surface area contributed by atoms with Crippen molar-refractivity contribution in [2.24, 2.45) is 0 Å². The van der Waals surface area contributed by atoms with Gasteiger partial charge in [0.15, 0.2) is 0 Å². The molecule has 0 aromatic heterocycles. The van der Waals surface area contributed by atoms with Gasteiger partial charge >= 0.3 is 5.97 Å². The van der Waals surface area contributed by atoms with Crippen molar-refractivity contribution in [2.75, 3.05) is 7.11 Å². The number of rotatable bonds is 2. The minimum Gasteiger partial charge on any atom is -0.466 e. The molecule has 0 aliphatic heterocycles. The fourth-order valence-electron chi connectivity index (χ4n) is 0.689. The normalized spacial score (nSPS) is 13.1. The van der Waals surface area contributed by atoms with Crippen molar-refractivity contribution in [3.8, 4) is 0 Å². The van der Waals surface area contributed by atoms with Crippen molar-refractivity contribution in [2.45, 2.75) is 20.8 Å². The highest BCUT2D eigenvalue weighted by Crippen LogP contribution is 2.05. The van der Waals surface area contributed by atoms with Crippen molar-refractivity contribution in [1.29, 1.82) is 0 Å². The van der Waals surface area contributed by atoms with Gasteiger partial charge in [0.25, 0.3) is 0 Å². The van der Waals surface area contributed by atoms with E-state index in [4.69, 9.17) is 0 Å². The first-order valence-corrected chi connectivity index (χ1v) is 3.52. The number of hydrogen-bond acceptors (Lipinski definition) is 2. The zero-order chi connectivity index (χ0) is 8.85. The maximum absolute atomic E-state index is 10.9. The van der Waals surface area contributed by atoms with Crippen LogP contribution in [0.25, 0.3) is 0 Å². The summed E-state index contributed by atoms with van der Waals surface area (Å²) >= 11 is 0. The van der Waals surface area contributed by atoms with E-state index in [9.17, 15) is 4.79 Å². The number of ether oxygens (including phenoxy) is 1. The fourth-order valence-corrected chi connectivity index (χ4v) is 0.689. The van der Waals surface area contributed by atoms with Crippen LogP contribution < -0.4 is 0 Å². The fraction of sp³-hybridized carbons (Fsp3) is 0.444. The predicted octanol–water partition coefficient (Wildman–Crippen LogP) is 2.07.